The maximum absolute atomic E-state index is 11.5. The van der Waals surface area contributed by atoms with Crippen molar-refractivity contribution in [2.24, 2.45) is 0 Å². The molecule has 0 atom stereocenters. The largest absolute Gasteiger partial charge is 0.481 e. The zero-order valence-corrected chi connectivity index (χ0v) is 12.4. The molecule has 0 radical (unpaired) electrons. The molecule has 0 aliphatic carbocycles. The first-order chi connectivity index (χ1) is 10.2. The van der Waals surface area contributed by atoms with Crippen molar-refractivity contribution in [3.05, 3.63) is 35.9 Å². The normalized spacial score (nSPS) is 10.3. The third-order valence-electron chi connectivity index (χ3n) is 3.27. The Hall–Kier alpha value is -1.84. The highest BCUT2D eigenvalue weighted by Gasteiger charge is 2.03. The molecule has 4 nitrogen and oxygen atoms in total. The van der Waals surface area contributed by atoms with Gasteiger partial charge in [-0.15, -0.1) is 0 Å². The van der Waals surface area contributed by atoms with Gasteiger partial charge in [-0.1, -0.05) is 49.6 Å². The van der Waals surface area contributed by atoms with Crippen LogP contribution in [-0.2, 0) is 20.7 Å². The van der Waals surface area contributed by atoms with Gasteiger partial charge in [-0.25, -0.2) is 0 Å². The number of hydrogen-bond donors (Lipinski definition) is 1. The molecule has 0 amide bonds. The van der Waals surface area contributed by atoms with Crippen LogP contribution in [0.4, 0.5) is 0 Å². The Kier molecular flexibility index (Phi) is 8.93. The molecular weight excluding hydrogens is 268 g/mol. The Labute approximate surface area is 126 Å². The summed E-state index contributed by atoms with van der Waals surface area (Å²) in [6.07, 6.45) is 5.82. The van der Waals surface area contributed by atoms with Crippen LogP contribution in [-0.4, -0.2) is 23.7 Å². The van der Waals surface area contributed by atoms with E-state index >= 15 is 0 Å². The van der Waals surface area contributed by atoms with Gasteiger partial charge in [-0.05, 0) is 18.4 Å². The minimum absolute atomic E-state index is 0.142. The number of ether oxygens (including phenoxy) is 1. The quantitative estimate of drug-likeness (QED) is 0.500. The van der Waals surface area contributed by atoms with E-state index in [2.05, 4.69) is 0 Å². The molecule has 1 N–H and O–H groups in total. The molecule has 0 spiro atoms. The molecule has 0 saturated heterocycles. The molecule has 1 aromatic carbocycles. The van der Waals surface area contributed by atoms with Crippen molar-refractivity contribution in [1.82, 2.24) is 0 Å². The van der Waals surface area contributed by atoms with Gasteiger partial charge >= 0.3 is 11.9 Å². The molecule has 4 heteroatoms. The van der Waals surface area contributed by atoms with Crippen molar-refractivity contribution in [2.45, 2.75) is 51.4 Å². The van der Waals surface area contributed by atoms with Gasteiger partial charge < -0.3 is 9.84 Å². The third kappa shape index (κ3) is 9.66. The SMILES string of the molecule is O=C(O)CCCCCCCC(=O)OCCc1ccccc1. The van der Waals surface area contributed by atoms with E-state index < -0.39 is 5.97 Å². The molecule has 1 rings (SSSR count). The van der Waals surface area contributed by atoms with Crippen LogP contribution in [0.2, 0.25) is 0 Å². The predicted molar refractivity (Wildman–Crippen MR) is 81.1 cm³/mol. The van der Waals surface area contributed by atoms with Crippen molar-refractivity contribution in [3.8, 4) is 0 Å². The summed E-state index contributed by atoms with van der Waals surface area (Å²) in [6.45, 7) is 0.432. The van der Waals surface area contributed by atoms with E-state index in [9.17, 15) is 9.59 Å². The molecule has 0 bridgehead atoms. The zero-order valence-electron chi connectivity index (χ0n) is 12.4. The third-order valence-corrected chi connectivity index (χ3v) is 3.27. The number of carboxylic acid groups (broad SMARTS) is 1. The van der Waals surface area contributed by atoms with Gasteiger partial charge in [-0.2, -0.15) is 0 Å². The molecule has 0 heterocycles. The summed E-state index contributed by atoms with van der Waals surface area (Å²) in [5, 5.41) is 8.49. The number of rotatable bonds is 11. The number of benzene rings is 1. The average Bonchev–Trinajstić information content (AvgIpc) is 2.47. The highest BCUT2D eigenvalue weighted by atomic mass is 16.5. The summed E-state index contributed by atoms with van der Waals surface area (Å²) in [5.41, 5.74) is 1.17. The minimum Gasteiger partial charge on any atom is -0.481 e. The summed E-state index contributed by atoms with van der Waals surface area (Å²) in [5.74, 6) is -0.881. The fraction of sp³-hybridized carbons (Fsp3) is 0.529. The number of unbranched alkanes of at least 4 members (excludes halogenated alkanes) is 4. The molecule has 116 valence electrons. The van der Waals surface area contributed by atoms with Gasteiger partial charge in [-0.3, -0.25) is 9.59 Å². The molecule has 0 unspecified atom stereocenters. The van der Waals surface area contributed by atoms with Crippen molar-refractivity contribution in [2.75, 3.05) is 6.61 Å². The second-order valence-corrected chi connectivity index (χ2v) is 5.12. The van der Waals surface area contributed by atoms with Crippen LogP contribution in [0, 0.1) is 0 Å². The van der Waals surface area contributed by atoms with E-state index in [4.69, 9.17) is 9.84 Å². The lowest BCUT2D eigenvalue weighted by atomic mass is 10.1. The molecule has 0 aliphatic heterocycles. The maximum Gasteiger partial charge on any atom is 0.305 e. The van der Waals surface area contributed by atoms with E-state index in [-0.39, 0.29) is 12.4 Å². The van der Waals surface area contributed by atoms with Crippen LogP contribution in [0.5, 0.6) is 0 Å². The second kappa shape index (κ2) is 10.9. The first kappa shape index (κ1) is 17.2. The van der Waals surface area contributed by atoms with Gasteiger partial charge in [0, 0.05) is 19.3 Å². The van der Waals surface area contributed by atoms with Gasteiger partial charge in [0.2, 0.25) is 0 Å². The number of carbonyl (C=O) groups excluding carboxylic acids is 1. The Balaban J connectivity index is 1.93. The first-order valence-corrected chi connectivity index (χ1v) is 7.60. The number of aliphatic carboxylic acids is 1. The summed E-state index contributed by atoms with van der Waals surface area (Å²) >= 11 is 0. The van der Waals surface area contributed by atoms with Crippen LogP contribution in [0.1, 0.15) is 50.5 Å². The molecule has 1 aromatic rings. The first-order valence-electron chi connectivity index (χ1n) is 7.60. The van der Waals surface area contributed by atoms with Gasteiger partial charge in [0.05, 0.1) is 6.61 Å². The number of carboxylic acids is 1. The molecular formula is C17H24O4. The summed E-state index contributed by atoms with van der Waals surface area (Å²) in [7, 11) is 0. The van der Waals surface area contributed by atoms with Crippen molar-refractivity contribution < 1.29 is 19.4 Å². The second-order valence-electron chi connectivity index (χ2n) is 5.12. The molecule has 0 saturated carbocycles. The Bertz CT molecular complexity index is 414. The Morgan fingerprint density at radius 3 is 2.19 bits per heavy atom. The average molecular weight is 292 g/mol. The van der Waals surface area contributed by atoms with Gasteiger partial charge in [0.15, 0.2) is 0 Å². The lowest BCUT2D eigenvalue weighted by molar-refractivity contribution is -0.143. The Morgan fingerprint density at radius 1 is 0.905 bits per heavy atom. The monoisotopic (exact) mass is 292 g/mol. The van der Waals surface area contributed by atoms with E-state index in [0.717, 1.165) is 38.5 Å². The van der Waals surface area contributed by atoms with Gasteiger partial charge in [0.25, 0.3) is 0 Å². The summed E-state index contributed by atoms with van der Waals surface area (Å²) in [4.78, 5) is 21.8. The lowest BCUT2D eigenvalue weighted by Crippen LogP contribution is -2.07. The Morgan fingerprint density at radius 2 is 1.52 bits per heavy atom. The summed E-state index contributed by atoms with van der Waals surface area (Å²) < 4.78 is 5.19. The molecule has 21 heavy (non-hydrogen) atoms. The fourth-order valence-corrected chi connectivity index (χ4v) is 2.08. The highest BCUT2D eigenvalue weighted by molar-refractivity contribution is 5.69. The van der Waals surface area contributed by atoms with E-state index in [1.54, 1.807) is 0 Å². The van der Waals surface area contributed by atoms with Crippen LogP contribution >= 0.6 is 0 Å². The summed E-state index contributed by atoms with van der Waals surface area (Å²) in [6, 6.07) is 9.95. The van der Waals surface area contributed by atoms with Crippen LogP contribution < -0.4 is 0 Å². The van der Waals surface area contributed by atoms with Gasteiger partial charge in [0.1, 0.15) is 0 Å². The number of hydrogen-bond acceptors (Lipinski definition) is 3. The predicted octanol–water partition coefficient (Wildman–Crippen LogP) is 3.59. The standard InChI is InChI=1S/C17H24O4/c18-16(19)11-7-2-1-3-8-12-17(20)21-14-13-15-9-5-4-6-10-15/h4-6,9-10H,1-3,7-8,11-14H2,(H,18,19). The smallest absolute Gasteiger partial charge is 0.305 e. The lowest BCUT2D eigenvalue weighted by Gasteiger charge is -2.05. The van der Waals surface area contributed by atoms with Crippen LogP contribution in [0.15, 0.2) is 30.3 Å². The minimum atomic E-state index is -0.739. The molecule has 0 fully saturated rings. The highest BCUT2D eigenvalue weighted by Crippen LogP contribution is 2.08. The molecule has 0 aliphatic rings. The number of carbonyl (C=O) groups is 2. The van der Waals surface area contributed by atoms with Crippen molar-refractivity contribution in [3.63, 3.8) is 0 Å². The van der Waals surface area contributed by atoms with E-state index in [0.29, 0.717) is 13.0 Å². The maximum atomic E-state index is 11.5. The van der Waals surface area contributed by atoms with Crippen molar-refractivity contribution >= 4 is 11.9 Å². The fourth-order valence-electron chi connectivity index (χ4n) is 2.08. The van der Waals surface area contributed by atoms with Crippen LogP contribution in [0.3, 0.4) is 0 Å². The topological polar surface area (TPSA) is 63.6 Å². The molecule has 0 aromatic heterocycles. The zero-order chi connectivity index (χ0) is 15.3. The number of esters is 1. The van der Waals surface area contributed by atoms with Crippen LogP contribution in [0.25, 0.3) is 0 Å². The van der Waals surface area contributed by atoms with Crippen molar-refractivity contribution in [1.29, 1.82) is 0 Å². The van der Waals surface area contributed by atoms with E-state index in [1.165, 1.54) is 5.56 Å². The van der Waals surface area contributed by atoms with E-state index in [1.807, 2.05) is 30.3 Å².